The third-order valence-corrected chi connectivity index (χ3v) is 3.19. The molecule has 0 bridgehead atoms. The van der Waals surface area contributed by atoms with Crippen LogP contribution in [0.3, 0.4) is 0 Å². The second-order valence-electron chi connectivity index (χ2n) is 4.39. The first-order chi connectivity index (χ1) is 7.09. The lowest BCUT2D eigenvalue weighted by atomic mass is 9.85. The number of rotatable bonds is 0. The van der Waals surface area contributed by atoms with Gasteiger partial charge in [-0.2, -0.15) is 0 Å². The Labute approximate surface area is 96.9 Å². The summed E-state index contributed by atoms with van der Waals surface area (Å²) < 4.78 is 1.40. The average molecular weight is 220 g/mol. The van der Waals surface area contributed by atoms with Crippen LogP contribution in [0.2, 0.25) is 0 Å². The Balaban J connectivity index is 0.000000531. The van der Waals surface area contributed by atoms with E-state index in [1.54, 1.807) is 0 Å². The fourth-order valence-corrected chi connectivity index (χ4v) is 2.46. The molecule has 15 heavy (non-hydrogen) atoms. The fraction of sp³-hybridized carbons (Fsp3) is 0.429. The van der Waals surface area contributed by atoms with Gasteiger partial charge in [-0.05, 0) is 33.9 Å². The van der Waals surface area contributed by atoms with Crippen molar-refractivity contribution in [2.24, 2.45) is 0 Å². The molecule has 1 aromatic heterocycles. The van der Waals surface area contributed by atoms with Gasteiger partial charge in [-0.15, -0.1) is 11.3 Å². The van der Waals surface area contributed by atoms with Gasteiger partial charge < -0.3 is 0 Å². The molecular formula is C14H20S. The van der Waals surface area contributed by atoms with Crippen molar-refractivity contribution in [2.75, 3.05) is 0 Å². The Morgan fingerprint density at radius 3 is 2.27 bits per heavy atom. The Hall–Kier alpha value is -0.820. The predicted molar refractivity (Wildman–Crippen MR) is 71.9 cm³/mol. The van der Waals surface area contributed by atoms with Crippen LogP contribution in [-0.2, 0) is 5.41 Å². The minimum Gasteiger partial charge on any atom is -0.144 e. The van der Waals surface area contributed by atoms with Gasteiger partial charge in [0.05, 0.1) is 0 Å². The van der Waals surface area contributed by atoms with Gasteiger partial charge in [-0.3, -0.25) is 0 Å². The third kappa shape index (κ3) is 2.60. The van der Waals surface area contributed by atoms with Gasteiger partial charge >= 0.3 is 0 Å². The predicted octanol–water partition coefficient (Wildman–Crippen LogP) is 5.23. The topological polar surface area (TPSA) is 0 Å². The fourth-order valence-electron chi connectivity index (χ4n) is 1.65. The minimum absolute atomic E-state index is 0.251. The van der Waals surface area contributed by atoms with Gasteiger partial charge in [0, 0.05) is 4.70 Å². The first-order valence-corrected chi connectivity index (χ1v) is 6.44. The summed E-state index contributed by atoms with van der Waals surface area (Å²) in [4.78, 5) is 0. The van der Waals surface area contributed by atoms with Crippen molar-refractivity contribution in [1.82, 2.24) is 0 Å². The minimum atomic E-state index is 0.251. The van der Waals surface area contributed by atoms with E-state index in [2.05, 4.69) is 50.4 Å². The van der Waals surface area contributed by atoms with Crippen LogP contribution in [0.5, 0.6) is 0 Å². The maximum atomic E-state index is 2.26. The van der Waals surface area contributed by atoms with E-state index < -0.39 is 0 Å². The van der Waals surface area contributed by atoms with Crippen molar-refractivity contribution in [1.29, 1.82) is 0 Å². The van der Waals surface area contributed by atoms with E-state index in [1.807, 2.05) is 25.2 Å². The average Bonchev–Trinajstić information content (AvgIpc) is 2.66. The van der Waals surface area contributed by atoms with Gasteiger partial charge in [-0.1, -0.05) is 46.8 Å². The van der Waals surface area contributed by atoms with Gasteiger partial charge in [-0.25, -0.2) is 0 Å². The van der Waals surface area contributed by atoms with E-state index >= 15 is 0 Å². The van der Waals surface area contributed by atoms with Crippen molar-refractivity contribution < 1.29 is 0 Å². The Morgan fingerprint density at radius 1 is 1.00 bits per heavy atom. The molecule has 1 aromatic carbocycles. The van der Waals surface area contributed by atoms with E-state index in [4.69, 9.17) is 0 Å². The van der Waals surface area contributed by atoms with E-state index in [0.29, 0.717) is 0 Å². The van der Waals surface area contributed by atoms with Crippen LogP contribution < -0.4 is 0 Å². The van der Waals surface area contributed by atoms with E-state index in [-0.39, 0.29) is 5.41 Å². The lowest BCUT2D eigenvalue weighted by molar-refractivity contribution is 0.596. The van der Waals surface area contributed by atoms with Crippen LogP contribution in [0.4, 0.5) is 0 Å². The molecule has 2 rings (SSSR count). The SMILES string of the molecule is CC.CC(C)(C)c1cccc2sccc12. The number of fused-ring (bicyclic) bond motifs is 1. The summed E-state index contributed by atoms with van der Waals surface area (Å²) in [5, 5.41) is 3.58. The van der Waals surface area contributed by atoms with Crippen molar-refractivity contribution in [2.45, 2.75) is 40.0 Å². The molecule has 1 heterocycles. The lowest BCUT2D eigenvalue weighted by Crippen LogP contribution is -2.10. The highest BCUT2D eigenvalue weighted by molar-refractivity contribution is 7.17. The molecular weight excluding hydrogens is 200 g/mol. The number of thiophene rings is 1. The molecule has 82 valence electrons. The summed E-state index contributed by atoms with van der Waals surface area (Å²) >= 11 is 1.82. The number of benzene rings is 1. The summed E-state index contributed by atoms with van der Waals surface area (Å²) in [7, 11) is 0. The quantitative estimate of drug-likeness (QED) is 0.570. The molecule has 0 unspecified atom stereocenters. The van der Waals surface area contributed by atoms with Gasteiger partial charge in [0.15, 0.2) is 0 Å². The zero-order chi connectivity index (χ0) is 11.5. The third-order valence-electron chi connectivity index (χ3n) is 2.30. The maximum Gasteiger partial charge on any atom is 0.0345 e. The van der Waals surface area contributed by atoms with Crippen LogP contribution in [0, 0.1) is 0 Å². The largest absolute Gasteiger partial charge is 0.144 e. The zero-order valence-electron chi connectivity index (χ0n) is 10.3. The van der Waals surface area contributed by atoms with Crippen molar-refractivity contribution in [3.63, 3.8) is 0 Å². The molecule has 0 saturated heterocycles. The molecule has 0 radical (unpaired) electrons. The van der Waals surface area contributed by atoms with Gasteiger partial charge in [0.2, 0.25) is 0 Å². The molecule has 0 atom stereocenters. The van der Waals surface area contributed by atoms with Crippen LogP contribution in [0.1, 0.15) is 40.2 Å². The van der Waals surface area contributed by atoms with Crippen molar-refractivity contribution in [3.05, 3.63) is 35.2 Å². The molecule has 0 saturated carbocycles. The Morgan fingerprint density at radius 2 is 1.67 bits per heavy atom. The standard InChI is InChI=1S/C12H14S.C2H6/c1-12(2,3)10-5-4-6-11-9(10)7-8-13-11;1-2/h4-8H,1-3H3;1-2H3. The monoisotopic (exact) mass is 220 g/mol. The summed E-state index contributed by atoms with van der Waals surface area (Å²) in [6.45, 7) is 10.8. The van der Waals surface area contributed by atoms with Crippen LogP contribution in [0.25, 0.3) is 10.1 Å². The molecule has 0 amide bonds. The smallest absolute Gasteiger partial charge is 0.0345 e. The summed E-state index contributed by atoms with van der Waals surface area (Å²) in [5.74, 6) is 0. The molecule has 0 aliphatic rings. The van der Waals surface area contributed by atoms with Gasteiger partial charge in [0.25, 0.3) is 0 Å². The van der Waals surface area contributed by atoms with Crippen molar-refractivity contribution in [3.8, 4) is 0 Å². The van der Waals surface area contributed by atoms with Crippen LogP contribution in [-0.4, -0.2) is 0 Å². The molecule has 0 N–H and O–H groups in total. The summed E-state index contributed by atoms with van der Waals surface area (Å²) in [6.07, 6.45) is 0. The van der Waals surface area contributed by atoms with E-state index in [9.17, 15) is 0 Å². The maximum absolute atomic E-state index is 2.26. The summed E-state index contributed by atoms with van der Waals surface area (Å²) in [6, 6.07) is 8.80. The lowest BCUT2D eigenvalue weighted by Gasteiger charge is -2.19. The molecule has 1 heteroatoms. The Bertz CT molecular complexity index is 418. The first-order valence-electron chi connectivity index (χ1n) is 5.56. The number of hydrogen-bond donors (Lipinski definition) is 0. The van der Waals surface area contributed by atoms with Crippen molar-refractivity contribution >= 4 is 21.4 Å². The second-order valence-corrected chi connectivity index (χ2v) is 5.34. The second kappa shape index (κ2) is 4.80. The molecule has 0 spiro atoms. The molecule has 0 aliphatic heterocycles. The van der Waals surface area contributed by atoms with Gasteiger partial charge in [0.1, 0.15) is 0 Å². The highest BCUT2D eigenvalue weighted by Gasteiger charge is 2.16. The summed E-state index contributed by atoms with van der Waals surface area (Å²) in [5.41, 5.74) is 1.70. The first kappa shape index (κ1) is 12.3. The van der Waals surface area contributed by atoms with E-state index in [0.717, 1.165) is 0 Å². The highest BCUT2D eigenvalue weighted by atomic mass is 32.1. The molecule has 0 aliphatic carbocycles. The molecule has 0 nitrogen and oxygen atoms in total. The van der Waals surface area contributed by atoms with E-state index in [1.165, 1.54) is 15.6 Å². The van der Waals surface area contributed by atoms with Crippen LogP contribution >= 0.6 is 11.3 Å². The highest BCUT2D eigenvalue weighted by Crippen LogP contribution is 2.32. The zero-order valence-corrected chi connectivity index (χ0v) is 11.1. The normalized spacial score (nSPS) is 11.0. The molecule has 0 fully saturated rings. The molecule has 2 aromatic rings. The number of hydrogen-bond acceptors (Lipinski definition) is 1. The van der Waals surface area contributed by atoms with Crippen LogP contribution in [0.15, 0.2) is 29.6 Å². The Kier molecular flexibility index (Phi) is 3.92.